The van der Waals surface area contributed by atoms with Crippen molar-refractivity contribution in [3.63, 3.8) is 0 Å². The first-order valence-electron chi connectivity index (χ1n) is 9.75. The molecule has 0 aromatic carbocycles. The molecule has 10 heteroatoms. The Hall–Kier alpha value is -2.46. The minimum Gasteiger partial charge on any atom is -0.464 e. The molecule has 0 saturated carbocycles. The summed E-state index contributed by atoms with van der Waals surface area (Å²) in [7, 11) is 0. The lowest BCUT2D eigenvalue weighted by Crippen LogP contribution is -2.45. The van der Waals surface area contributed by atoms with E-state index in [0.29, 0.717) is 5.56 Å². The van der Waals surface area contributed by atoms with Gasteiger partial charge in [0, 0.05) is 24.6 Å². The van der Waals surface area contributed by atoms with Crippen LogP contribution in [0.2, 0.25) is 0 Å². The Morgan fingerprint density at radius 2 is 2.10 bits per heavy atom. The van der Waals surface area contributed by atoms with Crippen LogP contribution < -0.4 is 16.6 Å². The van der Waals surface area contributed by atoms with Crippen molar-refractivity contribution in [2.24, 2.45) is 5.92 Å². The van der Waals surface area contributed by atoms with Crippen LogP contribution in [0.15, 0.2) is 15.8 Å². The van der Waals surface area contributed by atoms with E-state index in [9.17, 15) is 24.3 Å². The quantitative estimate of drug-likeness (QED) is 0.511. The highest BCUT2D eigenvalue weighted by molar-refractivity contribution is 5.84. The maximum absolute atomic E-state index is 12.3. The third kappa shape index (κ3) is 5.77. The average Bonchev–Trinajstić information content (AvgIpc) is 3.01. The number of carbonyl (C=O) groups excluding carboxylic acids is 2. The smallest absolute Gasteiger partial charge is 0.330 e. The summed E-state index contributed by atoms with van der Waals surface area (Å²) in [5.41, 5.74) is -0.742. The predicted molar refractivity (Wildman–Crippen MR) is 103 cm³/mol. The normalized spacial score (nSPS) is 22.5. The molecule has 0 radical (unpaired) electrons. The molecule has 2 heterocycles. The fourth-order valence-electron chi connectivity index (χ4n) is 3.19. The molecule has 1 saturated heterocycles. The van der Waals surface area contributed by atoms with Crippen LogP contribution in [0.25, 0.3) is 0 Å². The molecule has 1 aliphatic heterocycles. The second-order valence-electron chi connectivity index (χ2n) is 7.49. The van der Waals surface area contributed by atoms with Gasteiger partial charge in [-0.05, 0) is 26.2 Å². The molecule has 0 spiro atoms. The second-order valence-corrected chi connectivity index (χ2v) is 7.49. The van der Waals surface area contributed by atoms with Crippen LogP contribution in [0.4, 0.5) is 0 Å². The number of carbonyl (C=O) groups is 2. The summed E-state index contributed by atoms with van der Waals surface area (Å²) in [6.45, 7) is 7.10. The maximum atomic E-state index is 12.3. The number of esters is 1. The maximum Gasteiger partial charge on any atom is 0.330 e. The molecule has 1 aromatic heterocycles. The molecule has 162 valence electrons. The van der Waals surface area contributed by atoms with E-state index in [1.54, 1.807) is 27.7 Å². The van der Waals surface area contributed by atoms with Gasteiger partial charge in [-0.25, -0.2) is 9.59 Å². The summed E-state index contributed by atoms with van der Waals surface area (Å²) < 4.78 is 12.0. The lowest BCUT2D eigenvalue weighted by molar-refractivity contribution is -0.148. The summed E-state index contributed by atoms with van der Waals surface area (Å²) in [6.07, 6.45) is -0.438. The minimum absolute atomic E-state index is 0.0383. The van der Waals surface area contributed by atoms with Crippen molar-refractivity contribution in [1.29, 1.82) is 0 Å². The molecule has 3 N–H and O–H groups in total. The highest BCUT2D eigenvalue weighted by atomic mass is 16.5. The van der Waals surface area contributed by atoms with E-state index in [0.717, 1.165) is 0 Å². The third-order valence-corrected chi connectivity index (χ3v) is 4.84. The number of aliphatic hydroxyl groups is 1. The van der Waals surface area contributed by atoms with Gasteiger partial charge in [0.1, 0.15) is 12.3 Å². The summed E-state index contributed by atoms with van der Waals surface area (Å²) in [4.78, 5) is 49.9. The van der Waals surface area contributed by atoms with Crippen molar-refractivity contribution in [3.05, 3.63) is 32.6 Å². The van der Waals surface area contributed by atoms with E-state index in [1.807, 2.05) is 0 Å². The van der Waals surface area contributed by atoms with Crippen LogP contribution >= 0.6 is 0 Å². The Morgan fingerprint density at radius 3 is 2.72 bits per heavy atom. The molecule has 2 rings (SSSR count). The van der Waals surface area contributed by atoms with Gasteiger partial charge in [0.25, 0.3) is 5.56 Å². The zero-order valence-electron chi connectivity index (χ0n) is 17.1. The second kappa shape index (κ2) is 9.84. The van der Waals surface area contributed by atoms with Gasteiger partial charge in [-0.15, -0.1) is 0 Å². The molecule has 0 unspecified atom stereocenters. The van der Waals surface area contributed by atoms with E-state index in [2.05, 4.69) is 10.3 Å². The Balaban J connectivity index is 1.95. The number of nitrogens with zero attached hydrogens (tertiary/aromatic N) is 1. The van der Waals surface area contributed by atoms with E-state index in [1.165, 1.54) is 10.8 Å². The zero-order chi connectivity index (χ0) is 21.7. The molecular weight excluding hydrogens is 382 g/mol. The first-order chi connectivity index (χ1) is 13.6. The van der Waals surface area contributed by atoms with Crippen LogP contribution in [-0.2, 0) is 19.1 Å². The SMILES string of the molecule is CCOC(=O)[C@@H](NC(=O)CC[C@H]1O[C@@H](n2cc(C)c(=O)[nH]c2=O)C[C@@H]1O)C(C)C. The highest BCUT2D eigenvalue weighted by Crippen LogP contribution is 2.30. The van der Waals surface area contributed by atoms with Crippen LogP contribution in [0.3, 0.4) is 0 Å². The summed E-state index contributed by atoms with van der Waals surface area (Å²) >= 11 is 0. The first kappa shape index (κ1) is 22.8. The number of hydrogen-bond donors (Lipinski definition) is 3. The predicted octanol–water partition coefficient (Wildman–Crippen LogP) is -0.0225. The van der Waals surface area contributed by atoms with E-state index in [-0.39, 0.29) is 37.7 Å². The molecule has 0 bridgehead atoms. The van der Waals surface area contributed by atoms with Crippen molar-refractivity contribution in [3.8, 4) is 0 Å². The van der Waals surface area contributed by atoms with Gasteiger partial charge in [-0.2, -0.15) is 0 Å². The zero-order valence-corrected chi connectivity index (χ0v) is 17.1. The number of aliphatic hydroxyl groups excluding tert-OH is 1. The molecule has 0 aliphatic carbocycles. The van der Waals surface area contributed by atoms with Gasteiger partial charge in [0.2, 0.25) is 5.91 Å². The number of nitrogens with one attached hydrogen (secondary N) is 2. The van der Waals surface area contributed by atoms with Gasteiger partial charge in [-0.3, -0.25) is 19.1 Å². The molecule has 4 atom stereocenters. The molecule has 1 amide bonds. The number of ether oxygens (including phenoxy) is 2. The average molecular weight is 411 g/mol. The summed E-state index contributed by atoms with van der Waals surface area (Å²) in [5.74, 6) is -0.972. The summed E-state index contributed by atoms with van der Waals surface area (Å²) in [6, 6.07) is -0.743. The van der Waals surface area contributed by atoms with Crippen LogP contribution in [0, 0.1) is 12.8 Å². The Labute approximate surface area is 168 Å². The standard InChI is InChI=1S/C19H29N3O7/c1-5-28-18(26)16(10(2)3)20-14(24)7-6-13-12(23)8-15(29-13)22-9-11(4)17(25)21-19(22)27/h9-10,12-13,15-16,23H,5-8H2,1-4H3,(H,20,24)(H,21,25,27)/t12-,13+,15+,16-/m0/s1. The number of aromatic nitrogens is 2. The molecule has 1 fully saturated rings. The fourth-order valence-corrected chi connectivity index (χ4v) is 3.19. The number of aromatic amines is 1. The van der Waals surface area contributed by atoms with Crippen LogP contribution in [0.5, 0.6) is 0 Å². The molecule has 1 aromatic rings. The lowest BCUT2D eigenvalue weighted by Gasteiger charge is -2.21. The molecular formula is C19H29N3O7. The number of rotatable bonds is 8. The number of hydrogen-bond acceptors (Lipinski definition) is 7. The van der Waals surface area contributed by atoms with Crippen molar-refractivity contribution in [2.45, 2.75) is 71.4 Å². The van der Waals surface area contributed by atoms with Gasteiger partial charge in [0.05, 0.1) is 18.8 Å². The molecule has 29 heavy (non-hydrogen) atoms. The van der Waals surface area contributed by atoms with Gasteiger partial charge >= 0.3 is 11.7 Å². The number of H-pyrrole nitrogens is 1. The van der Waals surface area contributed by atoms with Gasteiger partial charge in [-0.1, -0.05) is 13.8 Å². The van der Waals surface area contributed by atoms with Gasteiger partial charge < -0.3 is 19.9 Å². The minimum atomic E-state index is -0.863. The van der Waals surface area contributed by atoms with Crippen molar-refractivity contribution in [2.75, 3.05) is 6.61 Å². The van der Waals surface area contributed by atoms with Crippen LogP contribution in [-0.4, -0.2) is 51.4 Å². The largest absolute Gasteiger partial charge is 0.464 e. The Bertz CT molecular complexity index is 845. The van der Waals surface area contributed by atoms with E-state index in [4.69, 9.17) is 9.47 Å². The first-order valence-corrected chi connectivity index (χ1v) is 9.75. The topological polar surface area (TPSA) is 140 Å². The van der Waals surface area contributed by atoms with E-state index >= 15 is 0 Å². The van der Waals surface area contributed by atoms with Gasteiger partial charge in [0.15, 0.2) is 0 Å². The number of amides is 1. The fraction of sp³-hybridized carbons (Fsp3) is 0.684. The number of aryl methyl sites for hydroxylation is 1. The Kier molecular flexibility index (Phi) is 7.74. The monoisotopic (exact) mass is 411 g/mol. The lowest BCUT2D eigenvalue weighted by atomic mass is 10.0. The van der Waals surface area contributed by atoms with E-state index < -0.39 is 41.7 Å². The molecule has 1 aliphatic rings. The highest BCUT2D eigenvalue weighted by Gasteiger charge is 2.36. The molecule has 10 nitrogen and oxygen atoms in total. The van der Waals surface area contributed by atoms with Crippen LogP contribution in [0.1, 0.15) is 51.8 Å². The summed E-state index contributed by atoms with van der Waals surface area (Å²) in [5, 5.41) is 12.9. The van der Waals surface area contributed by atoms with Crippen molar-refractivity contribution < 1.29 is 24.2 Å². The Morgan fingerprint density at radius 1 is 1.41 bits per heavy atom. The third-order valence-electron chi connectivity index (χ3n) is 4.84. The van der Waals surface area contributed by atoms with Crippen molar-refractivity contribution >= 4 is 11.9 Å². The van der Waals surface area contributed by atoms with Crippen molar-refractivity contribution in [1.82, 2.24) is 14.9 Å².